The van der Waals surface area contributed by atoms with E-state index in [1.54, 1.807) is 12.1 Å². The quantitative estimate of drug-likeness (QED) is 0.530. The number of carbonyl (C=O) groups is 1. The van der Waals surface area contributed by atoms with E-state index in [1.807, 2.05) is 67.6 Å². The van der Waals surface area contributed by atoms with Crippen LogP contribution in [0.1, 0.15) is 22.7 Å². The molecule has 0 aromatic heterocycles. The molecule has 0 aliphatic carbocycles. The van der Waals surface area contributed by atoms with Gasteiger partial charge in [0, 0.05) is 4.47 Å². The Bertz CT molecular complexity index is 913. The van der Waals surface area contributed by atoms with Crippen molar-refractivity contribution in [3.63, 3.8) is 0 Å². The maximum Gasteiger partial charge on any atom is 0.258 e. The molecule has 1 unspecified atom stereocenters. The lowest BCUT2D eigenvalue weighted by molar-refractivity contribution is -0.123. The van der Waals surface area contributed by atoms with Gasteiger partial charge >= 0.3 is 0 Å². The van der Waals surface area contributed by atoms with Crippen LogP contribution in [-0.4, -0.2) is 12.5 Å². The summed E-state index contributed by atoms with van der Waals surface area (Å²) in [7, 11) is 0. The van der Waals surface area contributed by atoms with Crippen molar-refractivity contribution in [3.8, 4) is 5.75 Å². The average Bonchev–Trinajstić information content (AvgIpc) is 2.67. The smallest absolute Gasteiger partial charge is 0.258 e. The van der Waals surface area contributed by atoms with E-state index in [0.29, 0.717) is 10.8 Å². The summed E-state index contributed by atoms with van der Waals surface area (Å²) in [6.45, 7) is 1.92. The van der Waals surface area contributed by atoms with Crippen molar-refractivity contribution < 1.29 is 9.53 Å². The second-order valence-corrected chi connectivity index (χ2v) is 7.51. The highest BCUT2D eigenvalue weighted by molar-refractivity contribution is 9.10. The van der Waals surface area contributed by atoms with Crippen molar-refractivity contribution in [1.82, 2.24) is 5.32 Å². The van der Waals surface area contributed by atoms with Gasteiger partial charge in [-0.25, -0.2) is 0 Å². The molecule has 1 atom stereocenters. The standard InChI is InChI=1S/C22H19BrClNO2/c1-15-7-9-17(10-8-15)22(16-5-3-2-4-6-16)25-21(26)14-27-20-12-11-18(23)13-19(20)24/h2-13,22H,14H2,1H3,(H,25,26). The summed E-state index contributed by atoms with van der Waals surface area (Å²) >= 11 is 9.49. The number of hydrogen-bond donors (Lipinski definition) is 1. The number of aryl methyl sites for hydroxylation is 1. The Balaban J connectivity index is 1.73. The van der Waals surface area contributed by atoms with Gasteiger partial charge in [-0.1, -0.05) is 87.7 Å². The Morgan fingerprint density at radius 1 is 1.04 bits per heavy atom. The highest BCUT2D eigenvalue weighted by Gasteiger charge is 2.17. The van der Waals surface area contributed by atoms with Crippen LogP contribution in [0.5, 0.6) is 5.75 Å². The van der Waals surface area contributed by atoms with Crippen molar-refractivity contribution in [2.45, 2.75) is 13.0 Å². The van der Waals surface area contributed by atoms with E-state index in [0.717, 1.165) is 15.6 Å². The topological polar surface area (TPSA) is 38.3 Å². The van der Waals surface area contributed by atoms with E-state index >= 15 is 0 Å². The molecule has 0 saturated carbocycles. The highest BCUT2D eigenvalue weighted by atomic mass is 79.9. The third-order valence-electron chi connectivity index (χ3n) is 4.10. The molecule has 0 fully saturated rings. The first kappa shape index (κ1) is 19.5. The molecule has 5 heteroatoms. The second kappa shape index (κ2) is 9.07. The van der Waals surface area contributed by atoms with Gasteiger partial charge in [-0.2, -0.15) is 0 Å². The lowest BCUT2D eigenvalue weighted by Crippen LogP contribution is -2.33. The number of halogens is 2. The minimum atomic E-state index is -0.247. The first-order valence-electron chi connectivity index (χ1n) is 8.51. The number of ether oxygens (including phenoxy) is 1. The maximum atomic E-state index is 12.5. The van der Waals surface area contributed by atoms with Crippen LogP contribution in [0.4, 0.5) is 0 Å². The van der Waals surface area contributed by atoms with Crippen LogP contribution in [0.15, 0.2) is 77.3 Å². The Kier molecular flexibility index (Phi) is 6.54. The molecule has 1 amide bonds. The van der Waals surface area contributed by atoms with Gasteiger partial charge in [0.1, 0.15) is 5.75 Å². The lowest BCUT2D eigenvalue weighted by atomic mass is 9.98. The zero-order chi connectivity index (χ0) is 19.2. The number of rotatable bonds is 6. The summed E-state index contributed by atoms with van der Waals surface area (Å²) in [6.07, 6.45) is 0. The van der Waals surface area contributed by atoms with Gasteiger partial charge in [-0.3, -0.25) is 4.79 Å². The molecule has 1 N–H and O–H groups in total. The third-order valence-corrected chi connectivity index (χ3v) is 4.89. The average molecular weight is 445 g/mol. The number of hydrogen-bond acceptors (Lipinski definition) is 2. The van der Waals surface area contributed by atoms with Gasteiger partial charge in [-0.15, -0.1) is 0 Å². The predicted molar refractivity (Wildman–Crippen MR) is 112 cm³/mol. The Morgan fingerprint density at radius 3 is 2.37 bits per heavy atom. The fraction of sp³-hybridized carbons (Fsp3) is 0.136. The molecule has 138 valence electrons. The van der Waals surface area contributed by atoms with Crippen molar-refractivity contribution in [2.75, 3.05) is 6.61 Å². The third kappa shape index (κ3) is 5.34. The van der Waals surface area contributed by atoms with Gasteiger partial charge in [0.2, 0.25) is 0 Å². The fourth-order valence-corrected chi connectivity index (χ4v) is 3.43. The monoisotopic (exact) mass is 443 g/mol. The van der Waals surface area contributed by atoms with Crippen molar-refractivity contribution >= 4 is 33.4 Å². The van der Waals surface area contributed by atoms with Crippen LogP contribution >= 0.6 is 27.5 Å². The molecule has 0 heterocycles. The van der Waals surface area contributed by atoms with Crippen molar-refractivity contribution in [2.24, 2.45) is 0 Å². The normalized spacial score (nSPS) is 11.7. The van der Waals surface area contributed by atoms with E-state index in [2.05, 4.69) is 21.2 Å². The molecular weight excluding hydrogens is 426 g/mol. The largest absolute Gasteiger partial charge is 0.482 e. The predicted octanol–water partition coefficient (Wildman–Crippen LogP) is 5.70. The van der Waals surface area contributed by atoms with Crippen molar-refractivity contribution in [3.05, 3.63) is 99.0 Å². The SMILES string of the molecule is Cc1ccc(C(NC(=O)COc2ccc(Br)cc2Cl)c2ccccc2)cc1. The van der Waals surface area contributed by atoms with Crippen LogP contribution in [0.2, 0.25) is 5.02 Å². The summed E-state index contributed by atoms with van der Waals surface area (Å²) in [6, 6.07) is 23.0. The van der Waals surface area contributed by atoms with E-state index in [-0.39, 0.29) is 18.6 Å². The number of amides is 1. The first-order valence-corrected chi connectivity index (χ1v) is 9.69. The zero-order valence-corrected chi connectivity index (χ0v) is 17.1. The van der Waals surface area contributed by atoms with E-state index < -0.39 is 0 Å². The lowest BCUT2D eigenvalue weighted by Gasteiger charge is -2.20. The van der Waals surface area contributed by atoms with Crippen molar-refractivity contribution in [1.29, 1.82) is 0 Å². The Hall–Kier alpha value is -2.30. The summed E-state index contributed by atoms with van der Waals surface area (Å²) in [5.41, 5.74) is 3.20. The maximum absolute atomic E-state index is 12.5. The Morgan fingerprint density at radius 2 is 1.70 bits per heavy atom. The van der Waals surface area contributed by atoms with Gasteiger partial charge in [-0.05, 0) is 36.2 Å². The molecule has 3 aromatic carbocycles. The van der Waals surface area contributed by atoms with Crippen LogP contribution in [0.25, 0.3) is 0 Å². The van der Waals surface area contributed by atoms with Gasteiger partial charge < -0.3 is 10.1 Å². The summed E-state index contributed by atoms with van der Waals surface area (Å²) < 4.78 is 6.43. The van der Waals surface area contributed by atoms with Gasteiger partial charge in [0.25, 0.3) is 5.91 Å². The number of carbonyl (C=O) groups excluding carboxylic acids is 1. The number of benzene rings is 3. The molecule has 0 bridgehead atoms. The van der Waals surface area contributed by atoms with Crippen LogP contribution < -0.4 is 10.1 Å². The zero-order valence-electron chi connectivity index (χ0n) is 14.8. The minimum absolute atomic E-state index is 0.115. The number of nitrogens with one attached hydrogen (secondary N) is 1. The molecule has 0 spiro atoms. The van der Waals surface area contributed by atoms with E-state index in [1.165, 1.54) is 5.56 Å². The minimum Gasteiger partial charge on any atom is -0.482 e. The molecule has 3 nitrogen and oxygen atoms in total. The summed E-state index contributed by atoms with van der Waals surface area (Å²) in [5, 5.41) is 3.51. The summed E-state index contributed by atoms with van der Waals surface area (Å²) in [5.74, 6) is 0.255. The van der Waals surface area contributed by atoms with Gasteiger partial charge in [0.05, 0.1) is 11.1 Å². The van der Waals surface area contributed by atoms with E-state index in [4.69, 9.17) is 16.3 Å². The van der Waals surface area contributed by atoms with Gasteiger partial charge in [0.15, 0.2) is 6.61 Å². The summed E-state index contributed by atoms with van der Waals surface area (Å²) in [4.78, 5) is 12.5. The molecular formula is C22H19BrClNO2. The molecule has 0 radical (unpaired) electrons. The second-order valence-electron chi connectivity index (χ2n) is 6.19. The Labute approximate surface area is 172 Å². The fourth-order valence-electron chi connectivity index (χ4n) is 2.70. The molecule has 3 aromatic rings. The first-order chi connectivity index (χ1) is 13.0. The highest BCUT2D eigenvalue weighted by Crippen LogP contribution is 2.28. The molecule has 0 aliphatic rings. The van der Waals surface area contributed by atoms with Crippen LogP contribution in [0, 0.1) is 6.92 Å². The van der Waals surface area contributed by atoms with Crippen LogP contribution in [0.3, 0.4) is 0 Å². The molecule has 3 rings (SSSR count). The van der Waals surface area contributed by atoms with Crippen LogP contribution in [-0.2, 0) is 4.79 Å². The molecule has 0 saturated heterocycles. The molecule has 27 heavy (non-hydrogen) atoms. The van der Waals surface area contributed by atoms with E-state index in [9.17, 15) is 4.79 Å². The molecule has 0 aliphatic heterocycles.